The van der Waals surface area contributed by atoms with E-state index in [9.17, 15) is 4.79 Å². The molecule has 1 aromatic carbocycles. The van der Waals surface area contributed by atoms with Crippen LogP contribution in [0.5, 0.6) is 0 Å². The molecule has 1 saturated heterocycles. The van der Waals surface area contributed by atoms with Crippen molar-refractivity contribution >= 4 is 28.9 Å². The van der Waals surface area contributed by atoms with E-state index >= 15 is 0 Å². The van der Waals surface area contributed by atoms with E-state index < -0.39 is 0 Å². The van der Waals surface area contributed by atoms with Crippen molar-refractivity contribution in [2.75, 3.05) is 44.8 Å². The fourth-order valence-corrected chi connectivity index (χ4v) is 3.11. The fraction of sp³-hybridized carbons (Fsp3) is 0.533. The summed E-state index contributed by atoms with van der Waals surface area (Å²) in [6.45, 7) is 4.46. The van der Waals surface area contributed by atoms with Gasteiger partial charge >= 0.3 is 0 Å². The molecule has 0 aliphatic carbocycles. The van der Waals surface area contributed by atoms with E-state index in [1.54, 1.807) is 18.2 Å². The Hall–Kier alpha value is -1.30. The Labute approximate surface area is 131 Å². The highest BCUT2D eigenvalue weighted by Crippen LogP contribution is 2.24. The molecule has 0 aromatic heterocycles. The van der Waals surface area contributed by atoms with Crippen LogP contribution in [0, 0.1) is 5.92 Å². The summed E-state index contributed by atoms with van der Waals surface area (Å²) in [4.78, 5) is 16.5. The lowest BCUT2D eigenvalue weighted by Crippen LogP contribution is -2.36. The number of nitrogens with zero attached hydrogens (tertiary/aromatic N) is 2. The summed E-state index contributed by atoms with van der Waals surface area (Å²) in [6, 6.07) is 5.58. The van der Waals surface area contributed by atoms with Crippen LogP contribution < -0.4 is 11.1 Å². The van der Waals surface area contributed by atoms with E-state index in [1.807, 2.05) is 0 Å². The first-order valence-corrected chi connectivity index (χ1v) is 7.48. The zero-order chi connectivity index (χ0) is 15.6. The standard InChI is InChI=1S/C15H23ClN4O/c1-10-7-20(8-14(10)19(2)3)9-15(21)18-13-5-4-11(17)6-12(13)16/h4-6,10,14H,7-9,17H2,1-3H3,(H,18,21). The van der Waals surface area contributed by atoms with E-state index in [1.165, 1.54) is 0 Å². The Bertz CT molecular complexity index is 520. The predicted octanol–water partition coefficient (Wildman–Crippen LogP) is 1.74. The summed E-state index contributed by atoms with van der Waals surface area (Å²) in [7, 11) is 4.16. The molecule has 1 amide bonds. The third-order valence-electron chi connectivity index (χ3n) is 3.95. The van der Waals surface area contributed by atoms with Crippen LogP contribution in [0.25, 0.3) is 0 Å². The smallest absolute Gasteiger partial charge is 0.238 e. The molecule has 1 aliphatic heterocycles. The number of likely N-dealkylation sites (tertiary alicyclic amines) is 1. The van der Waals surface area contributed by atoms with Crippen LogP contribution in [0.2, 0.25) is 5.02 Å². The van der Waals surface area contributed by atoms with Crippen molar-refractivity contribution in [1.82, 2.24) is 9.80 Å². The Balaban J connectivity index is 1.91. The number of halogens is 1. The highest BCUT2D eigenvalue weighted by molar-refractivity contribution is 6.34. The molecule has 21 heavy (non-hydrogen) atoms. The molecule has 3 N–H and O–H groups in total. The van der Waals surface area contributed by atoms with Crippen molar-refractivity contribution in [1.29, 1.82) is 0 Å². The zero-order valence-electron chi connectivity index (χ0n) is 12.8. The number of likely N-dealkylation sites (N-methyl/N-ethyl adjacent to an activating group) is 1. The first-order valence-electron chi connectivity index (χ1n) is 7.10. The largest absolute Gasteiger partial charge is 0.399 e. The van der Waals surface area contributed by atoms with Crippen molar-refractivity contribution in [3.05, 3.63) is 23.2 Å². The van der Waals surface area contributed by atoms with E-state index in [0.29, 0.717) is 34.9 Å². The minimum atomic E-state index is -0.0479. The number of nitrogen functional groups attached to an aromatic ring is 1. The van der Waals surface area contributed by atoms with E-state index in [0.717, 1.165) is 13.1 Å². The number of rotatable bonds is 4. The van der Waals surface area contributed by atoms with Crippen LogP contribution in [0.15, 0.2) is 18.2 Å². The number of amides is 1. The van der Waals surface area contributed by atoms with Gasteiger partial charge < -0.3 is 16.0 Å². The van der Waals surface area contributed by atoms with Gasteiger partial charge in [-0.05, 0) is 38.2 Å². The number of carbonyl (C=O) groups excluding carboxylic acids is 1. The van der Waals surface area contributed by atoms with E-state index in [2.05, 4.69) is 36.1 Å². The third-order valence-corrected chi connectivity index (χ3v) is 4.26. The number of nitrogens with two attached hydrogens (primary N) is 1. The fourth-order valence-electron chi connectivity index (χ4n) is 2.87. The summed E-state index contributed by atoms with van der Waals surface area (Å²) < 4.78 is 0. The molecule has 2 unspecified atom stereocenters. The van der Waals surface area contributed by atoms with Crippen LogP contribution in [0.1, 0.15) is 6.92 Å². The topological polar surface area (TPSA) is 61.6 Å². The molecule has 1 heterocycles. The monoisotopic (exact) mass is 310 g/mol. The zero-order valence-corrected chi connectivity index (χ0v) is 13.5. The van der Waals surface area contributed by atoms with E-state index in [4.69, 9.17) is 17.3 Å². The maximum atomic E-state index is 12.1. The van der Waals surface area contributed by atoms with Crippen LogP contribution in [0.4, 0.5) is 11.4 Å². The van der Waals surface area contributed by atoms with Gasteiger partial charge in [0.2, 0.25) is 5.91 Å². The van der Waals surface area contributed by atoms with Gasteiger partial charge in [0.05, 0.1) is 17.3 Å². The Morgan fingerprint density at radius 2 is 2.19 bits per heavy atom. The molecule has 6 heteroatoms. The molecule has 0 bridgehead atoms. The SMILES string of the molecule is CC1CN(CC(=O)Nc2ccc(N)cc2Cl)CC1N(C)C. The van der Waals surface area contributed by atoms with Gasteiger partial charge in [-0.25, -0.2) is 0 Å². The van der Waals surface area contributed by atoms with Gasteiger partial charge in [-0.2, -0.15) is 0 Å². The van der Waals surface area contributed by atoms with Gasteiger partial charge in [0.15, 0.2) is 0 Å². The summed E-state index contributed by atoms with van der Waals surface area (Å²) in [5.74, 6) is 0.515. The van der Waals surface area contributed by atoms with Crippen molar-refractivity contribution in [3.8, 4) is 0 Å². The Morgan fingerprint density at radius 1 is 1.48 bits per heavy atom. The van der Waals surface area contributed by atoms with Crippen LogP contribution >= 0.6 is 11.6 Å². The van der Waals surface area contributed by atoms with Gasteiger partial charge in [-0.15, -0.1) is 0 Å². The molecular formula is C15H23ClN4O. The Morgan fingerprint density at radius 3 is 2.76 bits per heavy atom. The maximum Gasteiger partial charge on any atom is 0.238 e. The maximum absolute atomic E-state index is 12.1. The van der Waals surface area contributed by atoms with Crippen molar-refractivity contribution in [2.45, 2.75) is 13.0 Å². The lowest BCUT2D eigenvalue weighted by Gasteiger charge is -2.22. The van der Waals surface area contributed by atoms with Gasteiger partial charge in [-0.3, -0.25) is 9.69 Å². The molecule has 0 saturated carbocycles. The minimum Gasteiger partial charge on any atom is -0.399 e. The molecule has 116 valence electrons. The van der Waals surface area contributed by atoms with Crippen molar-refractivity contribution < 1.29 is 4.79 Å². The number of nitrogens with one attached hydrogen (secondary N) is 1. The van der Waals surface area contributed by atoms with Gasteiger partial charge in [0, 0.05) is 24.8 Å². The molecule has 5 nitrogen and oxygen atoms in total. The molecule has 1 aromatic rings. The number of benzene rings is 1. The molecule has 2 rings (SSSR count). The van der Waals surface area contributed by atoms with Crippen LogP contribution in [-0.2, 0) is 4.79 Å². The van der Waals surface area contributed by atoms with E-state index in [-0.39, 0.29) is 5.91 Å². The average molecular weight is 311 g/mol. The van der Waals surface area contributed by atoms with Gasteiger partial charge in [0.25, 0.3) is 0 Å². The lowest BCUT2D eigenvalue weighted by molar-refractivity contribution is -0.117. The van der Waals surface area contributed by atoms with Gasteiger partial charge in [-0.1, -0.05) is 18.5 Å². The predicted molar refractivity (Wildman–Crippen MR) is 87.6 cm³/mol. The number of anilines is 2. The highest BCUT2D eigenvalue weighted by atomic mass is 35.5. The van der Waals surface area contributed by atoms with Crippen molar-refractivity contribution in [2.24, 2.45) is 5.92 Å². The second kappa shape index (κ2) is 6.64. The minimum absolute atomic E-state index is 0.0479. The lowest BCUT2D eigenvalue weighted by atomic mass is 10.1. The molecule has 2 atom stereocenters. The van der Waals surface area contributed by atoms with Crippen LogP contribution in [-0.4, -0.2) is 55.5 Å². The molecular weight excluding hydrogens is 288 g/mol. The number of carbonyl (C=O) groups is 1. The number of hydrogen-bond acceptors (Lipinski definition) is 4. The number of hydrogen-bond donors (Lipinski definition) is 2. The summed E-state index contributed by atoms with van der Waals surface area (Å²) in [5, 5.41) is 3.30. The van der Waals surface area contributed by atoms with Gasteiger partial charge in [0.1, 0.15) is 0 Å². The third kappa shape index (κ3) is 4.09. The Kier molecular flexibility index (Phi) is 5.08. The van der Waals surface area contributed by atoms with Crippen LogP contribution in [0.3, 0.4) is 0 Å². The molecule has 0 spiro atoms. The first-order chi connectivity index (χ1) is 9.86. The quantitative estimate of drug-likeness (QED) is 0.832. The normalized spacial score (nSPS) is 22.7. The average Bonchev–Trinajstić information content (AvgIpc) is 2.74. The molecule has 1 fully saturated rings. The first kappa shape index (κ1) is 16.1. The molecule has 0 radical (unpaired) electrons. The summed E-state index contributed by atoms with van der Waals surface area (Å²) in [5.41, 5.74) is 6.83. The summed E-state index contributed by atoms with van der Waals surface area (Å²) >= 11 is 6.06. The molecule has 1 aliphatic rings. The summed E-state index contributed by atoms with van der Waals surface area (Å²) in [6.07, 6.45) is 0. The second-order valence-electron chi connectivity index (χ2n) is 5.99. The second-order valence-corrected chi connectivity index (χ2v) is 6.40. The highest BCUT2D eigenvalue weighted by Gasteiger charge is 2.31. The van der Waals surface area contributed by atoms with Crippen molar-refractivity contribution in [3.63, 3.8) is 0 Å².